The number of esters is 2. The van der Waals surface area contributed by atoms with Crippen LogP contribution in [-0.2, 0) is 16.0 Å². The van der Waals surface area contributed by atoms with E-state index >= 15 is 0 Å². The number of carbonyl (C=O) groups excluding carboxylic acids is 2. The SMILES string of the molecule is COC(=O)c1sc(NC(=S)Nc2ncn(Cc3cccc(C)c3)n2)c(C(=O)OC)c1C. The Bertz CT molecular complexity index is 1140. The monoisotopic (exact) mass is 459 g/mol. The highest BCUT2D eigenvalue weighted by molar-refractivity contribution is 7.80. The highest BCUT2D eigenvalue weighted by atomic mass is 32.1. The van der Waals surface area contributed by atoms with Crippen molar-refractivity contribution in [3.63, 3.8) is 0 Å². The number of carbonyl (C=O) groups is 2. The van der Waals surface area contributed by atoms with Crippen LogP contribution in [0.1, 0.15) is 36.7 Å². The van der Waals surface area contributed by atoms with Gasteiger partial charge in [0.05, 0.1) is 26.3 Å². The van der Waals surface area contributed by atoms with Crippen LogP contribution in [0.5, 0.6) is 0 Å². The Labute approximate surface area is 188 Å². The molecule has 0 aliphatic heterocycles. The van der Waals surface area contributed by atoms with Gasteiger partial charge in [0.2, 0.25) is 5.95 Å². The maximum absolute atomic E-state index is 12.2. The summed E-state index contributed by atoms with van der Waals surface area (Å²) in [5.74, 6) is -0.836. The van der Waals surface area contributed by atoms with Crippen molar-refractivity contribution in [3.05, 3.63) is 57.7 Å². The van der Waals surface area contributed by atoms with Gasteiger partial charge in [-0.3, -0.25) is 5.32 Å². The summed E-state index contributed by atoms with van der Waals surface area (Å²) < 4.78 is 11.3. The van der Waals surface area contributed by atoms with E-state index in [1.165, 1.54) is 19.8 Å². The lowest BCUT2D eigenvalue weighted by atomic mass is 10.1. The third-order valence-electron chi connectivity index (χ3n) is 4.32. The molecular weight excluding hydrogens is 438 g/mol. The van der Waals surface area contributed by atoms with Gasteiger partial charge in [-0.2, -0.15) is 0 Å². The topological polar surface area (TPSA) is 107 Å². The van der Waals surface area contributed by atoms with Crippen molar-refractivity contribution in [3.8, 4) is 0 Å². The number of aromatic nitrogens is 3. The zero-order chi connectivity index (χ0) is 22.5. The minimum Gasteiger partial charge on any atom is -0.465 e. The molecule has 0 atom stereocenters. The van der Waals surface area contributed by atoms with Crippen LogP contribution in [0, 0.1) is 13.8 Å². The third-order valence-corrected chi connectivity index (χ3v) is 5.71. The summed E-state index contributed by atoms with van der Waals surface area (Å²) in [6.07, 6.45) is 1.60. The number of thiocarbonyl (C=S) groups is 1. The van der Waals surface area contributed by atoms with E-state index in [4.69, 9.17) is 21.7 Å². The Morgan fingerprint density at radius 3 is 2.58 bits per heavy atom. The summed E-state index contributed by atoms with van der Waals surface area (Å²) >= 11 is 6.38. The molecule has 2 aromatic heterocycles. The van der Waals surface area contributed by atoms with E-state index < -0.39 is 11.9 Å². The molecule has 2 heterocycles. The predicted octanol–water partition coefficient (Wildman–Crippen LogP) is 3.39. The number of ether oxygens (including phenoxy) is 2. The molecule has 31 heavy (non-hydrogen) atoms. The van der Waals surface area contributed by atoms with Crippen LogP contribution in [-0.4, -0.2) is 46.0 Å². The maximum atomic E-state index is 12.2. The Kier molecular flexibility index (Phi) is 6.98. The first-order valence-electron chi connectivity index (χ1n) is 9.15. The Morgan fingerprint density at radius 2 is 1.90 bits per heavy atom. The van der Waals surface area contributed by atoms with Gasteiger partial charge >= 0.3 is 11.9 Å². The molecule has 11 heteroatoms. The number of nitrogens with one attached hydrogen (secondary N) is 2. The summed E-state index contributed by atoms with van der Waals surface area (Å²) in [7, 11) is 2.54. The molecule has 9 nitrogen and oxygen atoms in total. The van der Waals surface area contributed by atoms with Crippen LogP contribution < -0.4 is 10.6 Å². The van der Waals surface area contributed by atoms with Gasteiger partial charge in [0.25, 0.3) is 0 Å². The van der Waals surface area contributed by atoms with Gasteiger partial charge < -0.3 is 14.8 Å². The number of rotatable bonds is 6. The lowest BCUT2D eigenvalue weighted by Crippen LogP contribution is -2.21. The van der Waals surface area contributed by atoms with Crippen molar-refractivity contribution in [1.29, 1.82) is 0 Å². The van der Waals surface area contributed by atoms with Crippen molar-refractivity contribution >= 4 is 51.6 Å². The summed E-state index contributed by atoms with van der Waals surface area (Å²) in [5.41, 5.74) is 2.94. The normalized spacial score (nSPS) is 10.5. The molecule has 0 radical (unpaired) electrons. The largest absolute Gasteiger partial charge is 0.465 e. The second-order valence-electron chi connectivity index (χ2n) is 6.58. The Balaban J connectivity index is 1.73. The molecule has 0 saturated heterocycles. The zero-order valence-electron chi connectivity index (χ0n) is 17.4. The maximum Gasteiger partial charge on any atom is 0.348 e. The van der Waals surface area contributed by atoms with E-state index in [2.05, 4.69) is 26.8 Å². The fraction of sp³-hybridized carbons (Fsp3) is 0.250. The predicted molar refractivity (Wildman–Crippen MR) is 122 cm³/mol. The first-order chi connectivity index (χ1) is 14.8. The number of aryl methyl sites for hydroxylation is 1. The van der Waals surface area contributed by atoms with Crippen molar-refractivity contribution in [2.24, 2.45) is 0 Å². The van der Waals surface area contributed by atoms with Crippen LogP contribution >= 0.6 is 23.6 Å². The van der Waals surface area contributed by atoms with Crippen LogP contribution in [0.3, 0.4) is 0 Å². The molecule has 162 valence electrons. The molecule has 0 fully saturated rings. The molecule has 0 aliphatic carbocycles. The molecule has 0 bridgehead atoms. The molecule has 3 aromatic rings. The minimum absolute atomic E-state index is 0.163. The second kappa shape index (κ2) is 9.67. The highest BCUT2D eigenvalue weighted by Gasteiger charge is 2.26. The molecule has 0 saturated carbocycles. The minimum atomic E-state index is -0.588. The van der Waals surface area contributed by atoms with Gasteiger partial charge in [0.15, 0.2) is 5.11 Å². The van der Waals surface area contributed by atoms with Crippen molar-refractivity contribution in [2.45, 2.75) is 20.4 Å². The van der Waals surface area contributed by atoms with Crippen LogP contribution in [0.15, 0.2) is 30.6 Å². The third kappa shape index (κ3) is 5.25. The summed E-state index contributed by atoms with van der Waals surface area (Å²) in [4.78, 5) is 28.7. The van der Waals surface area contributed by atoms with E-state index in [0.717, 1.165) is 16.9 Å². The van der Waals surface area contributed by atoms with E-state index in [1.54, 1.807) is 17.9 Å². The number of hydrogen-bond donors (Lipinski definition) is 2. The van der Waals surface area contributed by atoms with E-state index in [9.17, 15) is 9.59 Å². The number of thiophene rings is 1. The smallest absolute Gasteiger partial charge is 0.348 e. The van der Waals surface area contributed by atoms with Crippen molar-refractivity contribution in [1.82, 2.24) is 14.8 Å². The first-order valence-corrected chi connectivity index (χ1v) is 10.4. The lowest BCUT2D eigenvalue weighted by Gasteiger charge is -2.08. The van der Waals surface area contributed by atoms with E-state index in [-0.39, 0.29) is 15.6 Å². The molecule has 0 aliphatic rings. The first kappa shape index (κ1) is 22.4. The number of nitrogens with zero attached hydrogens (tertiary/aromatic N) is 3. The van der Waals surface area contributed by atoms with Gasteiger partial charge in [0, 0.05) is 0 Å². The highest BCUT2D eigenvalue weighted by Crippen LogP contribution is 2.34. The average Bonchev–Trinajstić information content (AvgIpc) is 3.30. The fourth-order valence-corrected chi connectivity index (χ4v) is 4.27. The van der Waals surface area contributed by atoms with Gasteiger partial charge in [-0.1, -0.05) is 29.8 Å². The average molecular weight is 460 g/mol. The molecule has 0 amide bonds. The molecule has 0 spiro atoms. The number of hydrogen-bond acceptors (Lipinski definition) is 8. The van der Waals surface area contributed by atoms with Crippen molar-refractivity contribution < 1.29 is 19.1 Å². The number of anilines is 2. The zero-order valence-corrected chi connectivity index (χ0v) is 19.0. The second-order valence-corrected chi connectivity index (χ2v) is 8.01. The Morgan fingerprint density at radius 1 is 1.16 bits per heavy atom. The van der Waals surface area contributed by atoms with Crippen LogP contribution in [0.4, 0.5) is 10.9 Å². The molecule has 1 aromatic carbocycles. The quantitative estimate of drug-likeness (QED) is 0.424. The number of methoxy groups -OCH3 is 2. The van der Waals surface area contributed by atoms with Gasteiger partial charge in [0.1, 0.15) is 16.2 Å². The summed E-state index contributed by atoms with van der Waals surface area (Å²) in [6.45, 7) is 4.24. The fourth-order valence-electron chi connectivity index (χ4n) is 2.90. The van der Waals surface area contributed by atoms with Gasteiger partial charge in [-0.05, 0) is 37.2 Å². The van der Waals surface area contributed by atoms with Gasteiger partial charge in [-0.15, -0.1) is 16.4 Å². The van der Waals surface area contributed by atoms with Crippen molar-refractivity contribution in [2.75, 3.05) is 24.9 Å². The standard InChI is InChI=1S/C20H21N5O4S2/c1-11-6-5-7-13(8-11)9-25-10-21-19(24-25)23-20(30)22-16-14(17(26)28-3)12(2)15(31-16)18(27)29-4/h5-8,10H,9H2,1-4H3,(H2,22,23,24,30). The lowest BCUT2D eigenvalue weighted by molar-refractivity contribution is 0.0601. The van der Waals surface area contributed by atoms with E-state index in [1.807, 2.05) is 25.1 Å². The molecule has 0 unspecified atom stereocenters. The van der Waals surface area contributed by atoms with Crippen LogP contribution in [0.2, 0.25) is 0 Å². The summed E-state index contributed by atoms with van der Waals surface area (Å²) in [6, 6.07) is 8.11. The molecule has 2 N–H and O–H groups in total. The van der Waals surface area contributed by atoms with Gasteiger partial charge in [-0.25, -0.2) is 19.3 Å². The van der Waals surface area contributed by atoms with Crippen LogP contribution in [0.25, 0.3) is 0 Å². The molecular formula is C20H21N5O4S2. The molecule has 3 rings (SSSR count). The Hall–Kier alpha value is -3.31. The van der Waals surface area contributed by atoms with E-state index in [0.29, 0.717) is 23.1 Å². The number of benzene rings is 1. The summed E-state index contributed by atoms with van der Waals surface area (Å²) in [5, 5.41) is 10.7.